The summed E-state index contributed by atoms with van der Waals surface area (Å²) in [6.07, 6.45) is 1.61. The number of carbonyl (C=O) groups excluding carboxylic acids is 1. The van der Waals surface area contributed by atoms with Crippen molar-refractivity contribution in [3.05, 3.63) is 58.3 Å². The number of nitrogens with zero attached hydrogens (tertiary/aromatic N) is 2. The Morgan fingerprint density at radius 1 is 1.29 bits per heavy atom. The summed E-state index contributed by atoms with van der Waals surface area (Å²) in [5.74, 6) is 0.675. The van der Waals surface area contributed by atoms with Gasteiger partial charge in [0.05, 0.1) is 6.61 Å². The highest BCUT2D eigenvalue weighted by molar-refractivity contribution is 9.10. The lowest BCUT2D eigenvalue weighted by Crippen LogP contribution is -2.27. The van der Waals surface area contributed by atoms with Crippen LogP contribution in [0.25, 0.3) is 0 Å². The number of para-hydroxylation sites is 1. The van der Waals surface area contributed by atoms with Crippen LogP contribution >= 0.6 is 15.9 Å². The molecular formula is C16H17BrN2O2. The zero-order valence-electron chi connectivity index (χ0n) is 12.0. The monoisotopic (exact) mass is 348 g/mol. The van der Waals surface area contributed by atoms with Gasteiger partial charge in [0.15, 0.2) is 0 Å². The van der Waals surface area contributed by atoms with E-state index in [1.54, 1.807) is 24.2 Å². The molecule has 110 valence electrons. The van der Waals surface area contributed by atoms with Gasteiger partial charge in [0.2, 0.25) is 0 Å². The van der Waals surface area contributed by atoms with Gasteiger partial charge in [-0.2, -0.15) is 0 Å². The minimum atomic E-state index is -0.131. The molecule has 2 rings (SSSR count). The average molecular weight is 349 g/mol. The van der Waals surface area contributed by atoms with Crippen molar-refractivity contribution in [2.24, 2.45) is 0 Å². The molecule has 0 aliphatic carbocycles. The molecule has 0 aliphatic heterocycles. The molecule has 2 aromatic rings. The van der Waals surface area contributed by atoms with Gasteiger partial charge in [0, 0.05) is 29.8 Å². The van der Waals surface area contributed by atoms with Gasteiger partial charge in [-0.05, 0) is 41.1 Å². The van der Waals surface area contributed by atoms with E-state index in [1.165, 1.54) is 0 Å². The second-order valence-electron chi connectivity index (χ2n) is 4.54. The third-order valence-corrected chi connectivity index (χ3v) is 3.63. The van der Waals surface area contributed by atoms with Crippen molar-refractivity contribution in [3.63, 3.8) is 0 Å². The van der Waals surface area contributed by atoms with Gasteiger partial charge in [-0.25, -0.2) is 4.98 Å². The number of halogens is 1. The molecule has 0 N–H and O–H groups in total. The first-order valence-electron chi connectivity index (χ1n) is 6.70. The highest BCUT2D eigenvalue weighted by Gasteiger charge is 2.17. The number of amides is 1. The average Bonchev–Trinajstić information content (AvgIpc) is 2.49. The first-order valence-corrected chi connectivity index (χ1v) is 7.49. The first kappa shape index (κ1) is 15.5. The Morgan fingerprint density at radius 3 is 2.76 bits per heavy atom. The van der Waals surface area contributed by atoms with Crippen molar-refractivity contribution in [2.45, 2.75) is 13.5 Å². The van der Waals surface area contributed by atoms with Gasteiger partial charge in [-0.15, -0.1) is 0 Å². The predicted octanol–water partition coefficient (Wildman–Crippen LogP) is 3.52. The minimum absolute atomic E-state index is 0.131. The van der Waals surface area contributed by atoms with E-state index in [0.29, 0.717) is 23.3 Å². The molecule has 0 bridgehead atoms. The Kier molecular flexibility index (Phi) is 5.33. The van der Waals surface area contributed by atoms with Crippen LogP contribution in [-0.2, 0) is 6.54 Å². The van der Waals surface area contributed by atoms with Crippen LogP contribution in [0.1, 0.15) is 23.0 Å². The van der Waals surface area contributed by atoms with Crippen LogP contribution in [0.15, 0.2) is 47.1 Å². The van der Waals surface area contributed by atoms with E-state index in [1.807, 2.05) is 37.3 Å². The molecule has 1 heterocycles. The van der Waals surface area contributed by atoms with Crippen LogP contribution in [0.4, 0.5) is 0 Å². The second kappa shape index (κ2) is 7.22. The molecule has 1 aromatic carbocycles. The molecular weight excluding hydrogens is 332 g/mol. The number of hydrogen-bond donors (Lipinski definition) is 0. The largest absolute Gasteiger partial charge is 0.494 e. The van der Waals surface area contributed by atoms with E-state index < -0.39 is 0 Å². The van der Waals surface area contributed by atoms with Crippen molar-refractivity contribution in [1.29, 1.82) is 0 Å². The lowest BCUT2D eigenvalue weighted by Gasteiger charge is -2.19. The molecule has 4 nitrogen and oxygen atoms in total. The normalized spacial score (nSPS) is 10.2. The van der Waals surface area contributed by atoms with Gasteiger partial charge in [-0.1, -0.05) is 18.2 Å². The van der Waals surface area contributed by atoms with Crippen molar-refractivity contribution < 1.29 is 9.53 Å². The van der Waals surface area contributed by atoms with Crippen LogP contribution in [0.5, 0.6) is 5.75 Å². The number of pyridine rings is 1. The fraction of sp³-hybridized carbons (Fsp3) is 0.250. The summed E-state index contributed by atoms with van der Waals surface area (Å²) >= 11 is 3.36. The molecule has 21 heavy (non-hydrogen) atoms. The molecule has 0 atom stereocenters. The van der Waals surface area contributed by atoms with Crippen molar-refractivity contribution in [2.75, 3.05) is 13.7 Å². The predicted molar refractivity (Wildman–Crippen MR) is 85.3 cm³/mol. The number of ether oxygens (including phenoxy) is 1. The fourth-order valence-electron chi connectivity index (χ4n) is 1.98. The van der Waals surface area contributed by atoms with E-state index in [0.717, 1.165) is 11.3 Å². The maximum Gasteiger partial charge on any atom is 0.273 e. The maximum atomic E-state index is 12.4. The smallest absolute Gasteiger partial charge is 0.273 e. The summed E-state index contributed by atoms with van der Waals surface area (Å²) in [5, 5.41) is 0. The summed E-state index contributed by atoms with van der Waals surface area (Å²) in [6.45, 7) is 3.01. The van der Waals surface area contributed by atoms with Crippen molar-refractivity contribution >= 4 is 21.8 Å². The SMILES string of the molecule is CCOc1ccccc1CN(C)C(=O)c1ncccc1Br. The molecule has 0 fully saturated rings. The van der Waals surface area contributed by atoms with Crippen molar-refractivity contribution in [3.8, 4) is 5.75 Å². The summed E-state index contributed by atoms with van der Waals surface area (Å²) < 4.78 is 6.28. The van der Waals surface area contributed by atoms with E-state index in [2.05, 4.69) is 20.9 Å². The van der Waals surface area contributed by atoms with Gasteiger partial charge < -0.3 is 9.64 Å². The van der Waals surface area contributed by atoms with Crippen LogP contribution in [0, 0.1) is 0 Å². The second-order valence-corrected chi connectivity index (χ2v) is 5.39. The van der Waals surface area contributed by atoms with Crippen LogP contribution in [-0.4, -0.2) is 29.4 Å². The third-order valence-electron chi connectivity index (χ3n) is 2.99. The molecule has 0 radical (unpaired) electrons. The van der Waals surface area contributed by atoms with Crippen molar-refractivity contribution in [1.82, 2.24) is 9.88 Å². The molecule has 0 aliphatic rings. The first-order chi connectivity index (χ1) is 10.1. The Hall–Kier alpha value is -1.88. The molecule has 0 unspecified atom stereocenters. The number of carbonyl (C=O) groups is 1. The summed E-state index contributed by atoms with van der Waals surface area (Å²) in [5.41, 5.74) is 1.39. The van der Waals surface area contributed by atoms with Gasteiger partial charge in [0.25, 0.3) is 5.91 Å². The molecule has 0 saturated heterocycles. The number of aromatic nitrogens is 1. The Labute approximate surface area is 132 Å². The lowest BCUT2D eigenvalue weighted by atomic mass is 10.2. The van der Waals surface area contributed by atoms with E-state index in [9.17, 15) is 4.79 Å². The van der Waals surface area contributed by atoms with E-state index >= 15 is 0 Å². The quantitative estimate of drug-likeness (QED) is 0.830. The molecule has 5 heteroatoms. The molecule has 1 amide bonds. The zero-order valence-corrected chi connectivity index (χ0v) is 13.6. The van der Waals surface area contributed by atoms with Gasteiger partial charge in [-0.3, -0.25) is 4.79 Å². The zero-order chi connectivity index (χ0) is 15.2. The topological polar surface area (TPSA) is 42.4 Å². The summed E-state index contributed by atoms with van der Waals surface area (Å²) in [7, 11) is 1.76. The minimum Gasteiger partial charge on any atom is -0.494 e. The number of hydrogen-bond acceptors (Lipinski definition) is 3. The summed E-state index contributed by atoms with van der Waals surface area (Å²) in [4.78, 5) is 18.2. The highest BCUT2D eigenvalue weighted by Crippen LogP contribution is 2.21. The van der Waals surface area contributed by atoms with Crippen LogP contribution < -0.4 is 4.74 Å². The molecule has 0 saturated carbocycles. The van der Waals surface area contributed by atoms with E-state index in [4.69, 9.17) is 4.74 Å². The van der Waals surface area contributed by atoms with Crippen LogP contribution in [0.3, 0.4) is 0 Å². The lowest BCUT2D eigenvalue weighted by molar-refractivity contribution is 0.0777. The van der Waals surface area contributed by atoms with Gasteiger partial charge in [0.1, 0.15) is 11.4 Å². The summed E-state index contributed by atoms with van der Waals surface area (Å²) in [6, 6.07) is 11.3. The Bertz CT molecular complexity index is 631. The standard InChI is InChI=1S/C16H17BrN2O2/c1-3-21-14-9-5-4-7-12(14)11-19(2)16(20)15-13(17)8-6-10-18-15/h4-10H,3,11H2,1-2H3. The Balaban J connectivity index is 2.17. The fourth-order valence-corrected chi connectivity index (χ4v) is 2.41. The third kappa shape index (κ3) is 3.82. The molecule has 1 aromatic heterocycles. The molecule has 0 spiro atoms. The van der Waals surface area contributed by atoms with Gasteiger partial charge >= 0.3 is 0 Å². The maximum absolute atomic E-state index is 12.4. The highest BCUT2D eigenvalue weighted by atomic mass is 79.9. The van der Waals surface area contributed by atoms with Crippen LogP contribution in [0.2, 0.25) is 0 Å². The number of benzene rings is 1. The van der Waals surface area contributed by atoms with E-state index in [-0.39, 0.29) is 5.91 Å². The Morgan fingerprint density at radius 2 is 2.05 bits per heavy atom. The number of rotatable bonds is 5.